The smallest absolute Gasteiger partial charge is 0.272 e. The van der Waals surface area contributed by atoms with Crippen molar-refractivity contribution >= 4 is 34.8 Å². The van der Waals surface area contributed by atoms with Crippen molar-refractivity contribution in [3.05, 3.63) is 58.9 Å². The number of fused-ring (bicyclic) bond motifs is 1. The first-order valence-electron chi connectivity index (χ1n) is 9.77. The highest BCUT2D eigenvalue weighted by atomic mass is 35.5. The van der Waals surface area contributed by atoms with Gasteiger partial charge < -0.3 is 10.6 Å². The molecule has 1 aromatic heterocycles. The molecule has 0 spiro atoms. The third-order valence-electron chi connectivity index (χ3n) is 4.55. The number of aromatic nitrogens is 2. The Morgan fingerprint density at radius 3 is 2.62 bits per heavy atom. The molecule has 1 amide bonds. The third kappa shape index (κ3) is 6.14. The van der Waals surface area contributed by atoms with Crippen molar-refractivity contribution in [2.24, 2.45) is 0 Å². The lowest BCUT2D eigenvalue weighted by molar-refractivity contribution is -0.116. The second kappa shape index (κ2) is 11.3. The molecular formula is C22H27ClN4O2. The molecule has 3 N–H and O–H groups in total. The summed E-state index contributed by atoms with van der Waals surface area (Å²) in [5.41, 5.74) is 2.04. The van der Waals surface area contributed by atoms with Gasteiger partial charge >= 0.3 is 0 Å². The van der Waals surface area contributed by atoms with Crippen LogP contribution in [-0.4, -0.2) is 29.2 Å². The number of benzene rings is 2. The molecule has 0 radical (unpaired) electrons. The molecule has 3 aromatic rings. The molecule has 154 valence electrons. The SMILES string of the molecule is CCCNCCCCC(=O)Nc1cccc(-c2n[nH]c(=O)c3ccccc23)c1.Cl. The number of aromatic amines is 1. The van der Waals surface area contributed by atoms with Crippen molar-refractivity contribution in [1.82, 2.24) is 15.5 Å². The molecule has 2 aromatic carbocycles. The minimum Gasteiger partial charge on any atom is -0.326 e. The zero-order valence-electron chi connectivity index (χ0n) is 16.5. The number of hydrogen-bond acceptors (Lipinski definition) is 4. The fourth-order valence-electron chi connectivity index (χ4n) is 3.14. The van der Waals surface area contributed by atoms with E-state index in [1.807, 2.05) is 42.5 Å². The Labute approximate surface area is 176 Å². The third-order valence-corrected chi connectivity index (χ3v) is 4.55. The number of carbonyl (C=O) groups excluding carboxylic acids is 1. The number of amides is 1. The molecule has 0 aliphatic carbocycles. The van der Waals surface area contributed by atoms with Gasteiger partial charge in [-0.05, 0) is 50.6 Å². The minimum atomic E-state index is -0.211. The maximum absolute atomic E-state index is 12.2. The van der Waals surface area contributed by atoms with Crippen molar-refractivity contribution in [3.63, 3.8) is 0 Å². The number of H-pyrrole nitrogens is 1. The number of nitrogens with one attached hydrogen (secondary N) is 3. The number of halogens is 1. The summed E-state index contributed by atoms with van der Waals surface area (Å²) in [6, 6.07) is 14.9. The number of unbranched alkanes of at least 4 members (excludes halogenated alkanes) is 1. The van der Waals surface area contributed by atoms with E-state index in [0.29, 0.717) is 17.5 Å². The molecule has 0 fully saturated rings. The fourth-order valence-corrected chi connectivity index (χ4v) is 3.14. The van der Waals surface area contributed by atoms with Gasteiger partial charge in [-0.25, -0.2) is 5.10 Å². The van der Waals surface area contributed by atoms with E-state index >= 15 is 0 Å². The lowest BCUT2D eigenvalue weighted by atomic mass is 10.0. The summed E-state index contributed by atoms with van der Waals surface area (Å²) in [7, 11) is 0. The number of anilines is 1. The van der Waals surface area contributed by atoms with Crippen molar-refractivity contribution < 1.29 is 4.79 Å². The van der Waals surface area contributed by atoms with Crippen LogP contribution in [0.1, 0.15) is 32.6 Å². The molecule has 6 nitrogen and oxygen atoms in total. The highest BCUT2D eigenvalue weighted by molar-refractivity contribution is 5.95. The molecule has 0 aliphatic rings. The summed E-state index contributed by atoms with van der Waals surface area (Å²) in [5, 5.41) is 14.5. The topological polar surface area (TPSA) is 86.9 Å². The summed E-state index contributed by atoms with van der Waals surface area (Å²) in [5.74, 6) is 0.00641. The Hall–Kier alpha value is -2.70. The van der Waals surface area contributed by atoms with E-state index in [1.165, 1.54) is 0 Å². The number of nitrogens with zero attached hydrogens (tertiary/aromatic N) is 1. The van der Waals surface area contributed by atoms with E-state index in [2.05, 4.69) is 27.8 Å². The maximum Gasteiger partial charge on any atom is 0.272 e. The van der Waals surface area contributed by atoms with Crippen molar-refractivity contribution in [2.45, 2.75) is 32.6 Å². The molecule has 0 bridgehead atoms. The molecule has 3 rings (SSSR count). The van der Waals surface area contributed by atoms with Gasteiger partial charge in [-0.1, -0.05) is 37.3 Å². The Kier molecular flexibility index (Phi) is 8.83. The van der Waals surface area contributed by atoms with Gasteiger partial charge in [0, 0.05) is 23.1 Å². The zero-order valence-corrected chi connectivity index (χ0v) is 17.3. The van der Waals surface area contributed by atoms with Crippen molar-refractivity contribution in [2.75, 3.05) is 18.4 Å². The van der Waals surface area contributed by atoms with Crippen LogP contribution in [0.15, 0.2) is 53.3 Å². The van der Waals surface area contributed by atoms with E-state index in [1.54, 1.807) is 6.07 Å². The fraction of sp³-hybridized carbons (Fsp3) is 0.318. The van der Waals surface area contributed by atoms with E-state index < -0.39 is 0 Å². The van der Waals surface area contributed by atoms with Gasteiger partial charge in [0.05, 0.1) is 11.1 Å². The number of hydrogen-bond donors (Lipinski definition) is 3. The Morgan fingerprint density at radius 1 is 1.03 bits per heavy atom. The molecule has 0 atom stereocenters. The van der Waals surface area contributed by atoms with Gasteiger partial charge in [-0.3, -0.25) is 9.59 Å². The van der Waals surface area contributed by atoms with E-state index in [0.717, 1.165) is 49.0 Å². The number of rotatable bonds is 9. The molecule has 1 heterocycles. The van der Waals surface area contributed by atoms with Gasteiger partial charge in [0.25, 0.3) is 5.56 Å². The predicted octanol–water partition coefficient (Wildman–Crippen LogP) is 4.12. The Morgan fingerprint density at radius 2 is 1.83 bits per heavy atom. The molecule has 0 unspecified atom stereocenters. The summed E-state index contributed by atoms with van der Waals surface area (Å²) in [6.45, 7) is 4.11. The Balaban J connectivity index is 0.00000300. The largest absolute Gasteiger partial charge is 0.326 e. The standard InChI is InChI=1S/C22H26N4O2.ClH/c1-2-13-23-14-6-5-12-20(27)24-17-9-7-8-16(15-17)21-18-10-3-4-11-19(18)22(28)26-25-21;/h3-4,7-11,15,23H,2,5-6,12-14H2,1H3,(H,24,27)(H,26,28);1H. The Bertz CT molecular complexity index is 1000. The average Bonchev–Trinajstić information content (AvgIpc) is 2.71. The molecule has 29 heavy (non-hydrogen) atoms. The van der Waals surface area contributed by atoms with Crippen LogP contribution in [0.4, 0.5) is 5.69 Å². The molecule has 0 saturated heterocycles. The number of carbonyl (C=O) groups is 1. The highest BCUT2D eigenvalue weighted by Gasteiger charge is 2.09. The second-order valence-electron chi connectivity index (χ2n) is 6.78. The lowest BCUT2D eigenvalue weighted by Gasteiger charge is -2.09. The van der Waals surface area contributed by atoms with E-state index in [9.17, 15) is 9.59 Å². The van der Waals surface area contributed by atoms with Crippen LogP contribution in [0, 0.1) is 0 Å². The summed E-state index contributed by atoms with van der Waals surface area (Å²) in [6.07, 6.45) is 3.46. The average molecular weight is 415 g/mol. The van der Waals surface area contributed by atoms with Crippen LogP contribution >= 0.6 is 12.4 Å². The van der Waals surface area contributed by atoms with E-state index in [-0.39, 0.29) is 23.9 Å². The van der Waals surface area contributed by atoms with Crippen LogP contribution in [0.2, 0.25) is 0 Å². The van der Waals surface area contributed by atoms with Gasteiger partial charge in [0.2, 0.25) is 5.91 Å². The maximum atomic E-state index is 12.2. The van der Waals surface area contributed by atoms with Crippen LogP contribution in [0.3, 0.4) is 0 Å². The quantitative estimate of drug-likeness (QED) is 0.459. The van der Waals surface area contributed by atoms with Gasteiger partial charge in [-0.15, -0.1) is 12.4 Å². The van der Waals surface area contributed by atoms with Crippen molar-refractivity contribution in [3.8, 4) is 11.3 Å². The van der Waals surface area contributed by atoms with Gasteiger partial charge in [0.1, 0.15) is 0 Å². The van der Waals surface area contributed by atoms with Gasteiger partial charge in [-0.2, -0.15) is 5.10 Å². The van der Waals surface area contributed by atoms with Crippen LogP contribution in [0.5, 0.6) is 0 Å². The first kappa shape index (κ1) is 22.6. The van der Waals surface area contributed by atoms with Crippen LogP contribution in [-0.2, 0) is 4.79 Å². The summed E-state index contributed by atoms with van der Waals surface area (Å²) >= 11 is 0. The lowest BCUT2D eigenvalue weighted by Crippen LogP contribution is -2.17. The highest BCUT2D eigenvalue weighted by Crippen LogP contribution is 2.26. The van der Waals surface area contributed by atoms with E-state index in [4.69, 9.17) is 0 Å². The zero-order chi connectivity index (χ0) is 19.8. The molecule has 0 aliphatic heterocycles. The summed E-state index contributed by atoms with van der Waals surface area (Å²) < 4.78 is 0. The first-order chi connectivity index (χ1) is 13.7. The molecular weight excluding hydrogens is 388 g/mol. The van der Waals surface area contributed by atoms with Crippen LogP contribution in [0.25, 0.3) is 22.0 Å². The van der Waals surface area contributed by atoms with Gasteiger partial charge in [0.15, 0.2) is 0 Å². The monoisotopic (exact) mass is 414 g/mol. The first-order valence-corrected chi connectivity index (χ1v) is 9.77. The summed E-state index contributed by atoms with van der Waals surface area (Å²) in [4.78, 5) is 24.2. The van der Waals surface area contributed by atoms with Crippen molar-refractivity contribution in [1.29, 1.82) is 0 Å². The normalized spacial score (nSPS) is 10.5. The molecule has 7 heteroatoms. The second-order valence-corrected chi connectivity index (χ2v) is 6.78. The predicted molar refractivity (Wildman–Crippen MR) is 121 cm³/mol. The minimum absolute atomic E-state index is 0. The molecule has 0 saturated carbocycles. The van der Waals surface area contributed by atoms with Crippen LogP contribution < -0.4 is 16.2 Å².